The summed E-state index contributed by atoms with van der Waals surface area (Å²) in [6.07, 6.45) is 1.77. The van der Waals surface area contributed by atoms with Gasteiger partial charge in [0, 0.05) is 39.1 Å². The quantitative estimate of drug-likeness (QED) is 0.0881. The molecule has 0 heterocycles. The van der Waals surface area contributed by atoms with Gasteiger partial charge >= 0.3 is 24.1 Å². The molecular weight excluding hydrogens is 839 g/mol. The Bertz CT molecular complexity index is 1510. The van der Waals surface area contributed by atoms with Crippen molar-refractivity contribution in [1.82, 2.24) is 10.6 Å². The van der Waals surface area contributed by atoms with Crippen molar-refractivity contribution < 1.29 is 47.6 Å². The van der Waals surface area contributed by atoms with Gasteiger partial charge in [-0.25, -0.2) is 9.59 Å². The van der Waals surface area contributed by atoms with Gasteiger partial charge < -0.3 is 44.8 Å². The van der Waals surface area contributed by atoms with Crippen molar-refractivity contribution in [3.05, 3.63) is 59.2 Å². The van der Waals surface area contributed by atoms with Crippen LogP contribution in [-0.4, -0.2) is 82.9 Å². The number of nitrogens with one attached hydrogen (secondary N) is 2. The Hall–Kier alpha value is -4.36. The molecule has 66 heavy (non-hydrogen) atoms. The minimum absolute atomic E-state index is 0.00324. The molecular formula is C53H99N3O10. The van der Waals surface area contributed by atoms with Crippen molar-refractivity contribution in [2.75, 3.05) is 34.5 Å². The molecule has 2 aromatic rings. The molecule has 13 nitrogen and oxygen atoms in total. The summed E-state index contributed by atoms with van der Waals surface area (Å²) < 4.78 is 29.2. The molecule has 0 saturated heterocycles. The molecule has 2 amide bonds. The van der Waals surface area contributed by atoms with E-state index in [9.17, 15) is 19.2 Å². The molecule has 2 atom stereocenters. The third kappa shape index (κ3) is 43.5. The maximum absolute atomic E-state index is 11.3. The van der Waals surface area contributed by atoms with Crippen LogP contribution in [0.15, 0.2) is 42.5 Å². The van der Waals surface area contributed by atoms with Gasteiger partial charge in [0.15, 0.2) is 0 Å². The normalized spacial score (nSPS) is 11.1. The lowest BCUT2D eigenvalue weighted by Gasteiger charge is -2.31. The number of amides is 2. The minimum Gasteiger partial charge on any atom is -0.491 e. The molecule has 0 spiro atoms. The van der Waals surface area contributed by atoms with Crippen molar-refractivity contribution >= 4 is 24.1 Å². The summed E-state index contributed by atoms with van der Waals surface area (Å²) in [4.78, 5) is 43.2. The largest absolute Gasteiger partial charge is 0.491 e. The Morgan fingerprint density at radius 2 is 1.21 bits per heavy atom. The van der Waals surface area contributed by atoms with Gasteiger partial charge in [-0.3, -0.25) is 9.59 Å². The summed E-state index contributed by atoms with van der Waals surface area (Å²) in [6, 6.07) is 14.2. The highest BCUT2D eigenvalue weighted by molar-refractivity contribution is 5.70. The van der Waals surface area contributed by atoms with Crippen LogP contribution in [0, 0.1) is 37.5 Å². The molecule has 0 bridgehead atoms. The standard InChI is InChI=1S/C17H26O2.C9H18N2O4.C9H12O.C6H15N.C6H12O2.C4H10O.C2H6/c1-11(2)10-17(6,7)16-13(4)8-12(3)9-15(16)19-14(5)18;1-6(2)7(11-9(13)15-4)5-10-8(12)14-3;1-8(2)10-9-6-4-3-5-7-9;1-4-6(7)5(2)3;1-5(2)4-8-6(3)7;1-4(2)5-3;1-2/h8-9,11H,10H2,1-7H3;6-7H,5H2,1-4H3,(H,10,12)(H,11,13);3-8H,1-2H3;5-6H,4,7H2,1-3H3;5H,4H2,1-3H3;4H,1-3H3;1-2H3. The van der Waals surface area contributed by atoms with Gasteiger partial charge in [0.25, 0.3) is 0 Å². The first-order chi connectivity index (χ1) is 30.5. The zero-order chi connectivity index (χ0) is 52.7. The van der Waals surface area contributed by atoms with E-state index < -0.39 is 12.2 Å². The molecule has 0 saturated carbocycles. The summed E-state index contributed by atoms with van der Waals surface area (Å²) in [5.41, 5.74) is 9.09. The molecule has 0 fully saturated rings. The van der Waals surface area contributed by atoms with Crippen LogP contribution in [-0.2, 0) is 34.0 Å². The van der Waals surface area contributed by atoms with E-state index in [1.165, 1.54) is 33.6 Å². The van der Waals surface area contributed by atoms with Gasteiger partial charge in [-0.15, -0.1) is 0 Å². The molecule has 0 aliphatic rings. The van der Waals surface area contributed by atoms with Gasteiger partial charge in [-0.05, 0) is 113 Å². The number of esters is 2. The number of benzene rings is 2. The van der Waals surface area contributed by atoms with Gasteiger partial charge in [-0.1, -0.05) is 114 Å². The average Bonchev–Trinajstić information content (AvgIpc) is 3.21. The number of aryl methyl sites for hydroxylation is 2. The maximum Gasteiger partial charge on any atom is 0.407 e. The second-order valence-electron chi connectivity index (χ2n) is 18.2. The van der Waals surface area contributed by atoms with Crippen molar-refractivity contribution in [2.24, 2.45) is 29.4 Å². The molecule has 0 aromatic heterocycles. The fraction of sp³-hybridized carbons (Fsp3) is 0.698. The number of carbonyl (C=O) groups is 4. The van der Waals surface area contributed by atoms with E-state index in [4.69, 9.17) is 19.9 Å². The summed E-state index contributed by atoms with van der Waals surface area (Å²) in [5, 5.41) is 5.13. The number of hydrogen-bond donors (Lipinski definition) is 3. The highest BCUT2D eigenvalue weighted by atomic mass is 16.5. The Balaban J connectivity index is -0.000000236. The van der Waals surface area contributed by atoms with Crippen LogP contribution in [0.1, 0.15) is 161 Å². The molecule has 2 unspecified atom stereocenters. The Kier molecular flexibility index (Phi) is 45.0. The molecule has 0 aliphatic carbocycles. The van der Waals surface area contributed by atoms with Crippen molar-refractivity contribution in [1.29, 1.82) is 0 Å². The monoisotopic (exact) mass is 938 g/mol. The van der Waals surface area contributed by atoms with Crippen LogP contribution in [0.5, 0.6) is 11.5 Å². The first-order valence-electron chi connectivity index (χ1n) is 23.6. The molecule has 2 rings (SSSR count). The van der Waals surface area contributed by atoms with E-state index in [0.717, 1.165) is 35.5 Å². The summed E-state index contributed by atoms with van der Waals surface area (Å²) >= 11 is 0. The molecule has 4 N–H and O–H groups in total. The first kappa shape index (κ1) is 70.7. The van der Waals surface area contributed by atoms with Gasteiger partial charge in [0.05, 0.1) is 39.1 Å². The topological polar surface area (TPSA) is 174 Å². The van der Waals surface area contributed by atoms with Crippen LogP contribution >= 0.6 is 0 Å². The third-order valence-corrected chi connectivity index (χ3v) is 8.77. The fourth-order valence-electron chi connectivity index (χ4n) is 5.61. The molecule has 0 aliphatic heterocycles. The van der Waals surface area contributed by atoms with Crippen LogP contribution in [0.25, 0.3) is 0 Å². The predicted molar refractivity (Wildman–Crippen MR) is 275 cm³/mol. The van der Waals surface area contributed by atoms with Crippen molar-refractivity contribution in [3.8, 4) is 11.5 Å². The number of para-hydroxylation sites is 1. The van der Waals surface area contributed by atoms with E-state index >= 15 is 0 Å². The van der Waals surface area contributed by atoms with Crippen LogP contribution in [0.2, 0.25) is 0 Å². The van der Waals surface area contributed by atoms with E-state index in [-0.39, 0.29) is 35.4 Å². The number of carbonyl (C=O) groups excluding carboxylic acids is 4. The number of ether oxygens (including phenoxy) is 6. The second kappa shape index (κ2) is 42.0. The Labute approximate surface area is 403 Å². The van der Waals surface area contributed by atoms with E-state index in [1.54, 1.807) is 7.11 Å². The van der Waals surface area contributed by atoms with Crippen molar-refractivity contribution in [3.63, 3.8) is 0 Å². The SMILES string of the molecule is CC.CC(=O)OCC(C)C.CC(=O)Oc1cc(C)cc(C)c1C(C)(C)CC(C)C.CC(C)Oc1ccccc1.CCC(N)C(C)C.COC(=O)NCC(NC(=O)OC)C(C)C.COC(C)C. The van der Waals surface area contributed by atoms with Crippen molar-refractivity contribution in [2.45, 2.75) is 188 Å². The first-order valence-corrected chi connectivity index (χ1v) is 23.6. The second-order valence-corrected chi connectivity index (χ2v) is 18.2. The average molecular weight is 938 g/mol. The van der Waals surface area contributed by atoms with Gasteiger partial charge in [0.2, 0.25) is 0 Å². The van der Waals surface area contributed by atoms with Crippen LogP contribution < -0.4 is 25.8 Å². The number of nitrogens with two attached hydrogens (primary N) is 1. The highest BCUT2D eigenvalue weighted by Gasteiger charge is 2.28. The minimum atomic E-state index is -0.521. The van der Waals surface area contributed by atoms with E-state index in [1.807, 2.05) is 113 Å². The highest BCUT2D eigenvalue weighted by Crippen LogP contribution is 2.39. The zero-order valence-electron chi connectivity index (χ0n) is 46.1. The number of methoxy groups -OCH3 is 3. The zero-order valence-corrected chi connectivity index (χ0v) is 46.1. The Morgan fingerprint density at radius 1 is 0.712 bits per heavy atom. The fourth-order valence-corrected chi connectivity index (χ4v) is 5.61. The molecule has 2 aromatic carbocycles. The van der Waals surface area contributed by atoms with Gasteiger partial charge in [0.1, 0.15) is 11.5 Å². The molecule has 13 heteroatoms. The van der Waals surface area contributed by atoms with E-state index in [2.05, 4.69) is 86.3 Å². The lowest BCUT2D eigenvalue weighted by molar-refractivity contribution is -0.142. The molecule has 0 radical (unpaired) electrons. The summed E-state index contributed by atoms with van der Waals surface area (Å²) in [6.45, 7) is 43.0. The number of rotatable bonds is 15. The lowest BCUT2D eigenvalue weighted by atomic mass is 9.75. The predicted octanol–water partition coefficient (Wildman–Crippen LogP) is 12.4. The Morgan fingerprint density at radius 3 is 1.53 bits per heavy atom. The molecule has 386 valence electrons. The van der Waals surface area contributed by atoms with Crippen LogP contribution in [0.3, 0.4) is 0 Å². The maximum atomic E-state index is 11.3. The summed E-state index contributed by atoms with van der Waals surface area (Å²) in [7, 11) is 4.28. The summed E-state index contributed by atoms with van der Waals surface area (Å²) in [5.74, 6) is 3.07. The lowest BCUT2D eigenvalue weighted by Crippen LogP contribution is -2.46. The van der Waals surface area contributed by atoms with Gasteiger partial charge in [-0.2, -0.15) is 0 Å². The smallest absolute Gasteiger partial charge is 0.407 e. The number of hydrogen-bond acceptors (Lipinski definition) is 11. The number of alkyl carbamates (subject to hydrolysis) is 2. The third-order valence-electron chi connectivity index (χ3n) is 8.77. The van der Waals surface area contributed by atoms with Crippen LogP contribution in [0.4, 0.5) is 9.59 Å². The van der Waals surface area contributed by atoms with E-state index in [0.29, 0.717) is 43.1 Å².